The molecule has 8 nitrogen and oxygen atoms in total. The number of rotatable bonds is 7. The first-order valence-electron chi connectivity index (χ1n) is 8.47. The third kappa shape index (κ3) is 5.81. The van der Waals surface area contributed by atoms with Gasteiger partial charge in [-0.2, -0.15) is 0 Å². The zero-order valence-electron chi connectivity index (χ0n) is 15.3. The van der Waals surface area contributed by atoms with E-state index < -0.39 is 16.7 Å². The first-order chi connectivity index (χ1) is 12.9. The van der Waals surface area contributed by atoms with Crippen molar-refractivity contribution in [2.24, 2.45) is 0 Å². The molecule has 0 fully saturated rings. The second-order valence-electron chi connectivity index (χ2n) is 6.15. The van der Waals surface area contributed by atoms with Gasteiger partial charge in [0, 0.05) is 32.4 Å². The topological polar surface area (TPSA) is 105 Å². The summed E-state index contributed by atoms with van der Waals surface area (Å²) >= 11 is 0. The number of nitro benzene ring substituents is 1. The molecule has 0 saturated heterocycles. The van der Waals surface area contributed by atoms with E-state index in [9.17, 15) is 19.7 Å². The highest BCUT2D eigenvalue weighted by Gasteiger charge is 2.18. The smallest absolute Gasteiger partial charge is 0.313 e. The van der Waals surface area contributed by atoms with Crippen molar-refractivity contribution in [3.05, 3.63) is 64.2 Å². The molecule has 0 atom stereocenters. The summed E-state index contributed by atoms with van der Waals surface area (Å²) in [6, 6.07) is 13.8. The van der Waals surface area contributed by atoms with Crippen molar-refractivity contribution in [1.29, 1.82) is 0 Å². The molecule has 0 aliphatic carbocycles. The van der Waals surface area contributed by atoms with Gasteiger partial charge in [0.25, 0.3) is 5.69 Å². The largest absolute Gasteiger partial charge is 0.378 e. The fourth-order valence-corrected chi connectivity index (χ4v) is 2.45. The zero-order valence-corrected chi connectivity index (χ0v) is 15.3. The van der Waals surface area contributed by atoms with Crippen LogP contribution in [0.2, 0.25) is 0 Å². The predicted octanol–water partition coefficient (Wildman–Crippen LogP) is 2.35. The summed E-state index contributed by atoms with van der Waals surface area (Å²) in [5, 5.41) is 15.7. The minimum atomic E-state index is -0.931. The van der Waals surface area contributed by atoms with Crippen LogP contribution >= 0.6 is 0 Å². The summed E-state index contributed by atoms with van der Waals surface area (Å²) < 4.78 is 0. The minimum Gasteiger partial charge on any atom is -0.378 e. The SMILES string of the molecule is CN(C)c1ccc(CCCNC(=O)C(=O)Nc2ccccc2[N+](=O)[O-])cc1. The Morgan fingerprint density at radius 2 is 1.70 bits per heavy atom. The molecule has 2 aromatic rings. The second-order valence-corrected chi connectivity index (χ2v) is 6.15. The summed E-state index contributed by atoms with van der Waals surface area (Å²) in [4.78, 5) is 36.1. The number of nitrogens with zero attached hydrogens (tertiary/aromatic N) is 2. The highest BCUT2D eigenvalue weighted by molar-refractivity contribution is 6.39. The molecule has 0 bridgehead atoms. The lowest BCUT2D eigenvalue weighted by Crippen LogP contribution is -2.36. The molecule has 0 unspecified atom stereocenters. The number of carbonyl (C=O) groups is 2. The molecular weight excluding hydrogens is 348 g/mol. The molecule has 27 heavy (non-hydrogen) atoms. The van der Waals surface area contributed by atoms with Crippen LogP contribution in [-0.4, -0.2) is 37.4 Å². The van der Waals surface area contributed by atoms with Crippen LogP contribution in [0.25, 0.3) is 0 Å². The van der Waals surface area contributed by atoms with Crippen LogP contribution in [-0.2, 0) is 16.0 Å². The Morgan fingerprint density at radius 3 is 2.33 bits per heavy atom. The number of para-hydroxylation sites is 2. The molecule has 0 saturated carbocycles. The van der Waals surface area contributed by atoms with Crippen molar-refractivity contribution in [2.45, 2.75) is 12.8 Å². The number of nitro groups is 1. The Balaban J connectivity index is 1.78. The number of amides is 2. The molecule has 0 aliphatic rings. The van der Waals surface area contributed by atoms with Crippen molar-refractivity contribution >= 4 is 28.9 Å². The van der Waals surface area contributed by atoms with Gasteiger partial charge >= 0.3 is 11.8 Å². The number of hydrogen-bond acceptors (Lipinski definition) is 5. The lowest BCUT2D eigenvalue weighted by molar-refractivity contribution is -0.383. The number of anilines is 2. The Kier molecular flexibility index (Phi) is 6.87. The molecule has 2 amide bonds. The number of benzene rings is 2. The third-order valence-electron chi connectivity index (χ3n) is 3.94. The van der Waals surface area contributed by atoms with Crippen LogP contribution in [0.1, 0.15) is 12.0 Å². The molecule has 2 rings (SSSR count). The molecule has 142 valence electrons. The summed E-state index contributed by atoms with van der Waals surface area (Å²) in [5.41, 5.74) is 1.97. The quantitative estimate of drug-likeness (QED) is 0.337. The lowest BCUT2D eigenvalue weighted by Gasteiger charge is -2.12. The van der Waals surface area contributed by atoms with Gasteiger partial charge in [0.05, 0.1) is 4.92 Å². The summed E-state index contributed by atoms with van der Waals surface area (Å²) in [6.45, 7) is 0.332. The summed E-state index contributed by atoms with van der Waals surface area (Å²) in [5.74, 6) is -1.75. The fraction of sp³-hybridized carbons (Fsp3) is 0.263. The van der Waals surface area contributed by atoms with E-state index in [-0.39, 0.29) is 11.4 Å². The van der Waals surface area contributed by atoms with E-state index in [0.717, 1.165) is 17.7 Å². The molecule has 0 spiro atoms. The third-order valence-corrected chi connectivity index (χ3v) is 3.94. The maximum absolute atomic E-state index is 11.9. The molecule has 2 aromatic carbocycles. The number of nitrogens with one attached hydrogen (secondary N) is 2. The lowest BCUT2D eigenvalue weighted by atomic mass is 10.1. The van der Waals surface area contributed by atoms with Crippen LogP contribution in [0, 0.1) is 10.1 Å². The molecule has 0 heterocycles. The van der Waals surface area contributed by atoms with Crippen LogP contribution in [0.4, 0.5) is 17.1 Å². The molecule has 0 radical (unpaired) electrons. The normalized spacial score (nSPS) is 10.1. The van der Waals surface area contributed by atoms with Crippen LogP contribution in [0.5, 0.6) is 0 Å². The highest BCUT2D eigenvalue weighted by atomic mass is 16.6. The van der Waals surface area contributed by atoms with Gasteiger partial charge in [0.1, 0.15) is 5.69 Å². The average molecular weight is 370 g/mol. The molecule has 8 heteroatoms. The molecular formula is C19H22N4O4. The van der Waals surface area contributed by atoms with E-state index in [1.807, 2.05) is 43.3 Å². The molecule has 2 N–H and O–H groups in total. The van der Waals surface area contributed by atoms with E-state index >= 15 is 0 Å². The van der Waals surface area contributed by atoms with Gasteiger partial charge in [-0.25, -0.2) is 0 Å². The first-order valence-corrected chi connectivity index (χ1v) is 8.47. The first kappa shape index (κ1) is 19.9. The van der Waals surface area contributed by atoms with Gasteiger partial charge in [-0.05, 0) is 36.6 Å². The standard InChI is InChI=1S/C19H22N4O4/c1-22(2)15-11-9-14(10-12-15)6-5-13-20-18(24)19(25)21-16-7-3-4-8-17(16)23(26)27/h3-4,7-12H,5-6,13H2,1-2H3,(H,20,24)(H,21,25). The van der Waals surface area contributed by atoms with Crippen molar-refractivity contribution < 1.29 is 14.5 Å². The Labute approximate surface area is 157 Å². The van der Waals surface area contributed by atoms with Gasteiger partial charge in [0.15, 0.2) is 0 Å². The maximum Gasteiger partial charge on any atom is 0.313 e. The highest BCUT2D eigenvalue weighted by Crippen LogP contribution is 2.22. The maximum atomic E-state index is 11.9. The predicted molar refractivity (Wildman–Crippen MR) is 104 cm³/mol. The van der Waals surface area contributed by atoms with Gasteiger partial charge in [0.2, 0.25) is 0 Å². The van der Waals surface area contributed by atoms with Crippen molar-refractivity contribution in [1.82, 2.24) is 5.32 Å². The Morgan fingerprint density at radius 1 is 1.04 bits per heavy atom. The van der Waals surface area contributed by atoms with Gasteiger partial charge in [-0.15, -0.1) is 0 Å². The summed E-state index contributed by atoms with van der Waals surface area (Å²) in [6.07, 6.45) is 1.44. The van der Waals surface area contributed by atoms with Gasteiger partial charge in [-0.1, -0.05) is 24.3 Å². The molecule has 0 aliphatic heterocycles. The van der Waals surface area contributed by atoms with Crippen LogP contribution in [0.15, 0.2) is 48.5 Å². The number of aryl methyl sites for hydroxylation is 1. The van der Waals surface area contributed by atoms with Crippen LogP contribution < -0.4 is 15.5 Å². The fourth-order valence-electron chi connectivity index (χ4n) is 2.45. The zero-order chi connectivity index (χ0) is 19.8. The number of hydrogen-bond donors (Lipinski definition) is 2. The van der Waals surface area contributed by atoms with Crippen LogP contribution in [0.3, 0.4) is 0 Å². The number of carbonyl (C=O) groups excluding carboxylic acids is 2. The van der Waals surface area contributed by atoms with Gasteiger partial charge in [-0.3, -0.25) is 19.7 Å². The second kappa shape index (κ2) is 9.33. The minimum absolute atomic E-state index is 0.0105. The Bertz CT molecular complexity index is 819. The van der Waals surface area contributed by atoms with Gasteiger partial charge < -0.3 is 15.5 Å². The average Bonchev–Trinajstić information content (AvgIpc) is 2.65. The molecule has 0 aromatic heterocycles. The monoisotopic (exact) mass is 370 g/mol. The summed E-state index contributed by atoms with van der Waals surface area (Å²) in [7, 11) is 3.94. The van der Waals surface area contributed by atoms with E-state index in [1.54, 1.807) is 6.07 Å². The van der Waals surface area contributed by atoms with E-state index in [1.165, 1.54) is 18.2 Å². The van der Waals surface area contributed by atoms with Crippen molar-refractivity contribution in [3.8, 4) is 0 Å². The van der Waals surface area contributed by atoms with E-state index in [4.69, 9.17) is 0 Å². The van der Waals surface area contributed by atoms with Crippen molar-refractivity contribution in [3.63, 3.8) is 0 Å². The van der Waals surface area contributed by atoms with Crippen molar-refractivity contribution in [2.75, 3.05) is 30.9 Å². The van der Waals surface area contributed by atoms with E-state index in [2.05, 4.69) is 10.6 Å². The Hall–Kier alpha value is -3.42. The van der Waals surface area contributed by atoms with E-state index in [0.29, 0.717) is 13.0 Å².